The van der Waals surface area contributed by atoms with Crippen LogP contribution >= 0.6 is 27.7 Å². The summed E-state index contributed by atoms with van der Waals surface area (Å²) >= 11 is 5.10. The SMILES string of the molecule is CS/C(=N/C1(C)CC(c2ccccc2)Oc2ccc(Br)cc21)N(C)CO. The number of hydrogen-bond acceptors (Lipinski definition) is 4. The number of rotatable bonds is 3. The first-order valence-electron chi connectivity index (χ1n) is 8.44. The first-order chi connectivity index (χ1) is 12.5. The molecule has 26 heavy (non-hydrogen) atoms. The zero-order valence-electron chi connectivity index (χ0n) is 15.1. The molecule has 0 amide bonds. The molecule has 0 aromatic heterocycles. The maximum atomic E-state index is 9.52. The third kappa shape index (κ3) is 3.92. The number of aliphatic imine (C=N–C) groups is 1. The second kappa shape index (κ2) is 8.03. The highest BCUT2D eigenvalue weighted by atomic mass is 79.9. The predicted octanol–water partition coefficient (Wildman–Crippen LogP) is 4.79. The van der Waals surface area contributed by atoms with Crippen LogP contribution in [-0.2, 0) is 5.54 Å². The summed E-state index contributed by atoms with van der Waals surface area (Å²) < 4.78 is 7.31. The highest BCUT2D eigenvalue weighted by Gasteiger charge is 2.39. The Labute approximate surface area is 167 Å². The van der Waals surface area contributed by atoms with E-state index in [4.69, 9.17) is 9.73 Å². The topological polar surface area (TPSA) is 45.1 Å². The van der Waals surface area contributed by atoms with Gasteiger partial charge in [0.1, 0.15) is 18.6 Å². The number of thioether (sulfide) groups is 1. The van der Waals surface area contributed by atoms with Gasteiger partial charge in [0.2, 0.25) is 0 Å². The van der Waals surface area contributed by atoms with Gasteiger partial charge < -0.3 is 14.7 Å². The lowest BCUT2D eigenvalue weighted by molar-refractivity contribution is 0.131. The second-order valence-electron chi connectivity index (χ2n) is 6.57. The maximum Gasteiger partial charge on any atom is 0.161 e. The summed E-state index contributed by atoms with van der Waals surface area (Å²) in [6.07, 6.45) is 2.63. The number of hydrogen-bond donors (Lipinski definition) is 1. The monoisotopic (exact) mass is 434 g/mol. The molecule has 0 aliphatic carbocycles. The van der Waals surface area contributed by atoms with E-state index in [0.29, 0.717) is 0 Å². The zero-order valence-corrected chi connectivity index (χ0v) is 17.5. The number of halogens is 1. The van der Waals surface area contributed by atoms with Gasteiger partial charge >= 0.3 is 0 Å². The lowest BCUT2D eigenvalue weighted by Gasteiger charge is -2.38. The second-order valence-corrected chi connectivity index (χ2v) is 8.26. The summed E-state index contributed by atoms with van der Waals surface area (Å²) in [6, 6.07) is 16.3. The molecule has 0 bridgehead atoms. The summed E-state index contributed by atoms with van der Waals surface area (Å²) in [5, 5.41) is 10.3. The molecule has 0 saturated carbocycles. The molecule has 1 N–H and O–H groups in total. The van der Waals surface area contributed by atoms with Crippen LogP contribution in [0.15, 0.2) is 58.0 Å². The van der Waals surface area contributed by atoms with Crippen LogP contribution in [0.5, 0.6) is 5.75 Å². The zero-order chi connectivity index (χ0) is 18.7. The van der Waals surface area contributed by atoms with E-state index in [1.165, 1.54) is 11.8 Å². The van der Waals surface area contributed by atoms with E-state index in [2.05, 4.69) is 41.1 Å². The van der Waals surface area contributed by atoms with E-state index in [1.807, 2.05) is 43.6 Å². The molecule has 2 unspecified atom stereocenters. The smallest absolute Gasteiger partial charge is 0.161 e. The molecule has 2 aromatic carbocycles. The average Bonchev–Trinajstić information content (AvgIpc) is 2.66. The number of fused-ring (bicyclic) bond motifs is 1. The summed E-state index contributed by atoms with van der Waals surface area (Å²) in [7, 11) is 1.84. The number of amidine groups is 1. The molecule has 138 valence electrons. The summed E-state index contributed by atoms with van der Waals surface area (Å²) in [4.78, 5) is 6.81. The Balaban J connectivity index is 2.09. The molecule has 6 heteroatoms. The Bertz CT molecular complexity index is 800. The van der Waals surface area contributed by atoms with E-state index in [9.17, 15) is 5.11 Å². The van der Waals surface area contributed by atoms with Gasteiger partial charge in [-0.2, -0.15) is 0 Å². The van der Waals surface area contributed by atoms with Crippen LogP contribution in [0.25, 0.3) is 0 Å². The van der Waals surface area contributed by atoms with Gasteiger partial charge in [0.05, 0.1) is 5.54 Å². The van der Waals surface area contributed by atoms with Crippen molar-refractivity contribution in [3.63, 3.8) is 0 Å². The molecular weight excluding hydrogens is 412 g/mol. The average molecular weight is 435 g/mol. The molecule has 0 radical (unpaired) electrons. The van der Waals surface area contributed by atoms with Gasteiger partial charge in [-0.05, 0) is 36.9 Å². The lowest BCUT2D eigenvalue weighted by Crippen LogP contribution is -2.34. The molecule has 4 nitrogen and oxygen atoms in total. The van der Waals surface area contributed by atoms with Crippen molar-refractivity contribution in [2.75, 3.05) is 20.0 Å². The minimum Gasteiger partial charge on any atom is -0.485 e. The van der Waals surface area contributed by atoms with E-state index < -0.39 is 5.54 Å². The van der Waals surface area contributed by atoms with Gasteiger partial charge in [0.15, 0.2) is 5.17 Å². The van der Waals surface area contributed by atoms with Gasteiger partial charge in [0.25, 0.3) is 0 Å². The highest BCUT2D eigenvalue weighted by Crippen LogP contribution is 2.47. The van der Waals surface area contributed by atoms with Crippen LogP contribution < -0.4 is 4.74 Å². The molecule has 1 aliphatic rings. The van der Waals surface area contributed by atoms with Crippen LogP contribution in [0.3, 0.4) is 0 Å². The number of nitrogens with zero attached hydrogens (tertiary/aromatic N) is 2. The van der Waals surface area contributed by atoms with Crippen molar-refractivity contribution < 1.29 is 9.84 Å². The highest BCUT2D eigenvalue weighted by molar-refractivity contribution is 9.10. The summed E-state index contributed by atoms with van der Waals surface area (Å²) in [5.74, 6) is 0.853. The molecular formula is C20H23BrN2O2S. The summed E-state index contributed by atoms with van der Waals surface area (Å²) in [5.41, 5.74) is 1.74. The molecule has 0 fully saturated rings. The first-order valence-corrected chi connectivity index (χ1v) is 10.5. The molecule has 2 atom stereocenters. The molecule has 0 spiro atoms. The Morgan fingerprint density at radius 2 is 2.08 bits per heavy atom. The van der Waals surface area contributed by atoms with Crippen LogP contribution in [-0.4, -0.2) is 35.2 Å². The minimum atomic E-state index is -0.459. The third-order valence-corrected chi connectivity index (χ3v) is 5.87. The molecule has 1 aliphatic heterocycles. The number of benzene rings is 2. The quantitative estimate of drug-likeness (QED) is 0.428. The standard InChI is InChI=1S/C20H23BrN2O2S/c1-20(22-19(26-3)23(2)13-24)12-18(14-7-5-4-6-8-14)25-17-10-9-15(21)11-16(17)20/h4-11,18,24H,12-13H2,1-3H3/b22-19+. The van der Waals surface area contributed by atoms with E-state index >= 15 is 0 Å². The Morgan fingerprint density at radius 1 is 1.35 bits per heavy atom. The van der Waals surface area contributed by atoms with Gasteiger partial charge in [-0.15, -0.1) is 0 Å². The molecule has 1 heterocycles. The van der Waals surface area contributed by atoms with Gasteiger partial charge in [0, 0.05) is 23.5 Å². The number of aliphatic hydroxyl groups is 1. The Hall–Kier alpha value is -1.50. The fraction of sp³-hybridized carbons (Fsp3) is 0.350. The third-order valence-electron chi connectivity index (χ3n) is 4.61. The largest absolute Gasteiger partial charge is 0.485 e. The van der Waals surface area contributed by atoms with Gasteiger partial charge in [-0.25, -0.2) is 0 Å². The minimum absolute atomic E-state index is 0.0684. The number of aliphatic hydroxyl groups excluding tert-OH is 1. The molecule has 2 aromatic rings. The van der Waals surface area contributed by atoms with Crippen LogP contribution in [0.2, 0.25) is 0 Å². The van der Waals surface area contributed by atoms with Crippen molar-refractivity contribution in [1.29, 1.82) is 0 Å². The molecule has 0 saturated heterocycles. The molecule has 3 rings (SSSR count). The van der Waals surface area contributed by atoms with Crippen molar-refractivity contribution in [1.82, 2.24) is 4.90 Å². The van der Waals surface area contributed by atoms with Crippen molar-refractivity contribution in [2.45, 2.75) is 25.0 Å². The van der Waals surface area contributed by atoms with Crippen LogP contribution in [0.1, 0.15) is 30.6 Å². The number of ether oxygens (including phenoxy) is 1. The Morgan fingerprint density at radius 3 is 2.73 bits per heavy atom. The van der Waals surface area contributed by atoms with E-state index in [-0.39, 0.29) is 12.8 Å². The fourth-order valence-corrected chi connectivity index (χ4v) is 4.23. The van der Waals surface area contributed by atoms with E-state index in [1.54, 1.807) is 4.90 Å². The van der Waals surface area contributed by atoms with Gasteiger partial charge in [-0.3, -0.25) is 4.99 Å². The Kier molecular flexibility index (Phi) is 5.95. The fourth-order valence-electron chi connectivity index (χ4n) is 3.21. The van der Waals surface area contributed by atoms with Crippen molar-refractivity contribution in [3.05, 3.63) is 64.1 Å². The van der Waals surface area contributed by atoms with Crippen molar-refractivity contribution in [2.24, 2.45) is 4.99 Å². The summed E-state index contributed by atoms with van der Waals surface area (Å²) in [6.45, 7) is 2.07. The van der Waals surface area contributed by atoms with E-state index in [0.717, 1.165) is 32.9 Å². The lowest BCUT2D eigenvalue weighted by atomic mass is 9.82. The first kappa shape index (κ1) is 19.3. The van der Waals surface area contributed by atoms with Crippen LogP contribution in [0, 0.1) is 0 Å². The van der Waals surface area contributed by atoms with Crippen molar-refractivity contribution in [3.8, 4) is 5.75 Å². The predicted molar refractivity (Wildman–Crippen MR) is 112 cm³/mol. The van der Waals surface area contributed by atoms with Crippen molar-refractivity contribution >= 4 is 32.9 Å². The van der Waals surface area contributed by atoms with Crippen LogP contribution in [0.4, 0.5) is 0 Å². The van der Waals surface area contributed by atoms with Gasteiger partial charge in [-0.1, -0.05) is 58.0 Å². The normalized spacial score (nSPS) is 22.5. The maximum absolute atomic E-state index is 9.52.